The van der Waals surface area contributed by atoms with E-state index >= 15 is 0 Å². The van der Waals surface area contributed by atoms with E-state index in [0.717, 1.165) is 0 Å². The third-order valence-electron chi connectivity index (χ3n) is 1.89. The van der Waals surface area contributed by atoms with Crippen LogP contribution >= 0.6 is 0 Å². The van der Waals surface area contributed by atoms with E-state index in [4.69, 9.17) is 9.84 Å². The average Bonchev–Trinajstić information content (AvgIpc) is 2.18. The maximum Gasteiger partial charge on any atom is 0.338 e. The summed E-state index contributed by atoms with van der Waals surface area (Å²) in [5, 5.41) is 8.41. The van der Waals surface area contributed by atoms with Gasteiger partial charge in [0, 0.05) is 6.42 Å². The largest absolute Gasteiger partial charge is 0.494 e. The first-order valence-electron chi connectivity index (χ1n) is 4.72. The maximum atomic E-state index is 12.9. The summed E-state index contributed by atoms with van der Waals surface area (Å²) < 4.78 is 18.1. The monoisotopic (exact) mass is 212 g/mol. The molecule has 1 rings (SSSR count). The Kier molecular flexibility index (Phi) is 4.09. The number of halogens is 1. The SMILES string of the molecule is CCOc1cccc(CC(F)C(=O)O)c1. The Labute approximate surface area is 87.5 Å². The predicted octanol–water partition coefficient (Wildman–Crippen LogP) is 2.05. The minimum Gasteiger partial charge on any atom is -0.494 e. The maximum absolute atomic E-state index is 12.9. The topological polar surface area (TPSA) is 46.5 Å². The fourth-order valence-electron chi connectivity index (χ4n) is 1.22. The van der Waals surface area contributed by atoms with Crippen LogP contribution in [0.15, 0.2) is 24.3 Å². The molecule has 0 amide bonds. The van der Waals surface area contributed by atoms with Crippen LogP contribution in [0.3, 0.4) is 0 Å². The van der Waals surface area contributed by atoms with E-state index in [2.05, 4.69) is 0 Å². The highest BCUT2D eigenvalue weighted by Crippen LogP contribution is 2.15. The molecule has 82 valence electrons. The summed E-state index contributed by atoms with van der Waals surface area (Å²) in [5.74, 6) is -0.801. The molecule has 1 aromatic carbocycles. The summed E-state index contributed by atoms with van der Waals surface area (Å²) >= 11 is 0. The lowest BCUT2D eigenvalue weighted by Crippen LogP contribution is -2.17. The molecule has 1 aromatic rings. The quantitative estimate of drug-likeness (QED) is 0.812. The van der Waals surface area contributed by atoms with Crippen molar-refractivity contribution in [2.45, 2.75) is 19.5 Å². The van der Waals surface area contributed by atoms with Crippen LogP contribution in [-0.4, -0.2) is 23.9 Å². The molecule has 3 nitrogen and oxygen atoms in total. The van der Waals surface area contributed by atoms with Crippen molar-refractivity contribution in [3.8, 4) is 5.75 Å². The van der Waals surface area contributed by atoms with Crippen molar-refractivity contribution in [2.75, 3.05) is 6.61 Å². The second kappa shape index (κ2) is 5.34. The molecule has 0 radical (unpaired) electrons. The van der Waals surface area contributed by atoms with Gasteiger partial charge in [0.1, 0.15) is 5.75 Å². The Morgan fingerprint density at radius 1 is 1.60 bits per heavy atom. The van der Waals surface area contributed by atoms with Crippen LogP contribution in [0.5, 0.6) is 5.75 Å². The second-order valence-corrected chi connectivity index (χ2v) is 3.09. The molecule has 0 aliphatic heterocycles. The van der Waals surface area contributed by atoms with Gasteiger partial charge in [-0.05, 0) is 24.6 Å². The van der Waals surface area contributed by atoms with E-state index in [0.29, 0.717) is 17.9 Å². The Hall–Kier alpha value is -1.58. The van der Waals surface area contributed by atoms with Crippen molar-refractivity contribution in [1.82, 2.24) is 0 Å². The number of alkyl halides is 1. The van der Waals surface area contributed by atoms with Crippen molar-refractivity contribution >= 4 is 5.97 Å². The number of rotatable bonds is 5. The smallest absolute Gasteiger partial charge is 0.338 e. The number of hydrogen-bond acceptors (Lipinski definition) is 2. The third kappa shape index (κ3) is 3.58. The Balaban J connectivity index is 2.68. The minimum atomic E-state index is -1.86. The van der Waals surface area contributed by atoms with Crippen LogP contribution in [0.2, 0.25) is 0 Å². The van der Waals surface area contributed by atoms with Gasteiger partial charge in [-0.2, -0.15) is 0 Å². The van der Waals surface area contributed by atoms with Gasteiger partial charge in [0.25, 0.3) is 0 Å². The van der Waals surface area contributed by atoms with Gasteiger partial charge in [-0.15, -0.1) is 0 Å². The lowest BCUT2D eigenvalue weighted by Gasteiger charge is -2.06. The van der Waals surface area contributed by atoms with Gasteiger partial charge in [0.2, 0.25) is 6.17 Å². The van der Waals surface area contributed by atoms with Crippen LogP contribution in [0.25, 0.3) is 0 Å². The molecule has 0 heterocycles. The van der Waals surface area contributed by atoms with E-state index in [-0.39, 0.29) is 6.42 Å². The van der Waals surface area contributed by atoms with Gasteiger partial charge in [-0.25, -0.2) is 9.18 Å². The van der Waals surface area contributed by atoms with Gasteiger partial charge < -0.3 is 9.84 Å². The van der Waals surface area contributed by atoms with Gasteiger partial charge >= 0.3 is 5.97 Å². The first-order chi connectivity index (χ1) is 7.13. The summed E-state index contributed by atoms with van der Waals surface area (Å²) in [7, 11) is 0. The van der Waals surface area contributed by atoms with E-state index in [1.165, 1.54) is 0 Å². The van der Waals surface area contributed by atoms with Gasteiger partial charge in [0.15, 0.2) is 0 Å². The average molecular weight is 212 g/mol. The zero-order valence-electron chi connectivity index (χ0n) is 8.44. The van der Waals surface area contributed by atoms with Crippen molar-refractivity contribution in [3.05, 3.63) is 29.8 Å². The molecule has 0 aliphatic rings. The first kappa shape index (κ1) is 11.5. The molecular weight excluding hydrogens is 199 g/mol. The molecule has 0 saturated heterocycles. The standard InChI is InChI=1S/C11H13FO3/c1-2-15-9-5-3-4-8(6-9)7-10(12)11(13)14/h3-6,10H,2,7H2,1H3,(H,13,14). The van der Waals surface area contributed by atoms with Crippen molar-refractivity contribution in [3.63, 3.8) is 0 Å². The lowest BCUT2D eigenvalue weighted by molar-refractivity contribution is -0.142. The van der Waals surface area contributed by atoms with E-state index in [1.54, 1.807) is 24.3 Å². The van der Waals surface area contributed by atoms with Gasteiger partial charge in [-0.3, -0.25) is 0 Å². The highest BCUT2D eigenvalue weighted by molar-refractivity contribution is 5.72. The van der Waals surface area contributed by atoms with Gasteiger partial charge in [0.05, 0.1) is 6.61 Å². The molecule has 0 fully saturated rings. The molecule has 1 atom stereocenters. The molecule has 0 bridgehead atoms. The number of carboxylic acids is 1. The minimum absolute atomic E-state index is 0.129. The molecule has 1 N–H and O–H groups in total. The summed E-state index contributed by atoms with van der Waals surface area (Å²) in [4.78, 5) is 10.3. The Morgan fingerprint density at radius 2 is 2.33 bits per heavy atom. The molecule has 0 aliphatic carbocycles. The molecular formula is C11H13FO3. The van der Waals surface area contributed by atoms with E-state index in [9.17, 15) is 9.18 Å². The van der Waals surface area contributed by atoms with Crippen molar-refractivity contribution in [1.29, 1.82) is 0 Å². The normalized spacial score (nSPS) is 12.1. The van der Waals surface area contributed by atoms with Crippen molar-refractivity contribution < 1.29 is 19.0 Å². The van der Waals surface area contributed by atoms with Crippen LogP contribution < -0.4 is 4.74 Å². The molecule has 0 saturated carbocycles. The van der Waals surface area contributed by atoms with E-state index in [1.807, 2.05) is 6.92 Å². The highest BCUT2D eigenvalue weighted by Gasteiger charge is 2.16. The zero-order valence-corrected chi connectivity index (χ0v) is 8.44. The number of carboxylic acid groups (broad SMARTS) is 1. The zero-order chi connectivity index (χ0) is 11.3. The molecule has 15 heavy (non-hydrogen) atoms. The molecule has 0 spiro atoms. The number of hydrogen-bond donors (Lipinski definition) is 1. The van der Waals surface area contributed by atoms with Gasteiger partial charge in [-0.1, -0.05) is 12.1 Å². The fourth-order valence-corrected chi connectivity index (χ4v) is 1.22. The highest BCUT2D eigenvalue weighted by atomic mass is 19.1. The summed E-state index contributed by atoms with van der Waals surface area (Å²) in [5.41, 5.74) is 0.621. The number of benzene rings is 1. The number of carbonyl (C=O) groups is 1. The van der Waals surface area contributed by atoms with Crippen LogP contribution in [0, 0.1) is 0 Å². The summed E-state index contributed by atoms with van der Waals surface area (Å²) in [6.07, 6.45) is -1.99. The van der Waals surface area contributed by atoms with Crippen LogP contribution in [0.1, 0.15) is 12.5 Å². The van der Waals surface area contributed by atoms with Crippen molar-refractivity contribution in [2.24, 2.45) is 0 Å². The number of ether oxygens (including phenoxy) is 1. The first-order valence-corrected chi connectivity index (χ1v) is 4.72. The molecule has 1 unspecified atom stereocenters. The number of aliphatic carboxylic acids is 1. The lowest BCUT2D eigenvalue weighted by atomic mass is 10.1. The Bertz CT molecular complexity index is 338. The molecule has 0 aromatic heterocycles. The summed E-state index contributed by atoms with van der Waals surface area (Å²) in [6.45, 7) is 2.38. The van der Waals surface area contributed by atoms with E-state index < -0.39 is 12.1 Å². The third-order valence-corrected chi connectivity index (χ3v) is 1.89. The summed E-state index contributed by atoms with van der Waals surface area (Å²) in [6, 6.07) is 6.80. The second-order valence-electron chi connectivity index (χ2n) is 3.09. The fraction of sp³-hybridized carbons (Fsp3) is 0.364. The molecule has 4 heteroatoms. The van der Waals surface area contributed by atoms with Crippen LogP contribution in [0.4, 0.5) is 4.39 Å². The van der Waals surface area contributed by atoms with Crippen LogP contribution in [-0.2, 0) is 11.2 Å². The predicted molar refractivity (Wildman–Crippen MR) is 53.8 cm³/mol. The Morgan fingerprint density at radius 3 is 2.93 bits per heavy atom.